The molecular weight excluding hydrogens is 296 g/mol. The maximum absolute atomic E-state index is 12.4. The van der Waals surface area contributed by atoms with Crippen LogP contribution in [0.1, 0.15) is 12.5 Å². The first-order valence-electron chi connectivity index (χ1n) is 8.17. The third kappa shape index (κ3) is 3.81. The van der Waals surface area contributed by atoms with Gasteiger partial charge in [-0.2, -0.15) is 0 Å². The Labute approximate surface area is 142 Å². The third-order valence-corrected chi connectivity index (χ3v) is 4.33. The number of para-hydroxylation sites is 1. The van der Waals surface area contributed by atoms with E-state index in [0.29, 0.717) is 0 Å². The van der Waals surface area contributed by atoms with Gasteiger partial charge >= 0.3 is 0 Å². The smallest absolute Gasteiger partial charge is 0.241 e. The maximum Gasteiger partial charge on any atom is 0.241 e. The Morgan fingerprint density at radius 1 is 0.958 bits per heavy atom. The van der Waals surface area contributed by atoms with Gasteiger partial charge in [-0.1, -0.05) is 54.6 Å². The largest absolute Gasteiger partial charge is 0.325 e. The number of nitrogens with zero attached hydrogens (tertiary/aromatic N) is 1. The number of hydrogen-bond donors (Lipinski definition) is 1. The van der Waals surface area contributed by atoms with Crippen molar-refractivity contribution in [1.29, 1.82) is 0 Å². The highest BCUT2D eigenvalue weighted by Crippen LogP contribution is 2.17. The summed E-state index contributed by atoms with van der Waals surface area (Å²) in [6, 6.07) is 24.1. The van der Waals surface area contributed by atoms with Gasteiger partial charge in [-0.05, 0) is 48.5 Å². The van der Waals surface area contributed by atoms with Crippen LogP contribution in [0.2, 0.25) is 0 Å². The van der Waals surface area contributed by atoms with E-state index in [4.69, 9.17) is 0 Å². The minimum atomic E-state index is -0.211. The summed E-state index contributed by atoms with van der Waals surface area (Å²) < 4.78 is 0. The van der Waals surface area contributed by atoms with Gasteiger partial charge < -0.3 is 5.32 Å². The molecule has 1 amide bonds. The summed E-state index contributed by atoms with van der Waals surface area (Å²) in [7, 11) is 1.98. The van der Waals surface area contributed by atoms with E-state index < -0.39 is 0 Å². The predicted molar refractivity (Wildman–Crippen MR) is 99.9 cm³/mol. The molecule has 0 saturated carbocycles. The lowest BCUT2D eigenvalue weighted by atomic mass is 10.1. The van der Waals surface area contributed by atoms with E-state index in [1.807, 2.05) is 56.4 Å². The first-order valence-corrected chi connectivity index (χ1v) is 8.17. The SMILES string of the molecule is C[C@@H](C(=O)Nc1ccccc1)N(C)Cc1ccc2ccccc2c1. The zero-order valence-electron chi connectivity index (χ0n) is 14.1. The highest BCUT2D eigenvalue weighted by molar-refractivity contribution is 5.94. The lowest BCUT2D eigenvalue weighted by Crippen LogP contribution is -2.39. The monoisotopic (exact) mass is 318 g/mol. The van der Waals surface area contributed by atoms with E-state index >= 15 is 0 Å². The molecule has 0 spiro atoms. The van der Waals surface area contributed by atoms with Crippen molar-refractivity contribution >= 4 is 22.4 Å². The average molecular weight is 318 g/mol. The van der Waals surface area contributed by atoms with E-state index in [9.17, 15) is 4.79 Å². The Morgan fingerprint density at radius 2 is 1.62 bits per heavy atom. The number of rotatable bonds is 5. The van der Waals surface area contributed by atoms with Crippen LogP contribution >= 0.6 is 0 Å². The van der Waals surface area contributed by atoms with E-state index in [0.717, 1.165) is 12.2 Å². The first-order chi connectivity index (χ1) is 11.6. The van der Waals surface area contributed by atoms with Gasteiger partial charge in [0.2, 0.25) is 5.91 Å². The first kappa shape index (κ1) is 16.2. The van der Waals surface area contributed by atoms with Crippen molar-refractivity contribution in [2.75, 3.05) is 12.4 Å². The van der Waals surface area contributed by atoms with Gasteiger partial charge in [0, 0.05) is 12.2 Å². The highest BCUT2D eigenvalue weighted by atomic mass is 16.2. The average Bonchev–Trinajstić information content (AvgIpc) is 2.61. The van der Waals surface area contributed by atoms with E-state index in [-0.39, 0.29) is 11.9 Å². The summed E-state index contributed by atoms with van der Waals surface area (Å²) in [5.41, 5.74) is 2.03. The molecule has 0 radical (unpaired) electrons. The molecule has 0 bridgehead atoms. The van der Waals surface area contributed by atoms with Crippen LogP contribution in [0.3, 0.4) is 0 Å². The van der Waals surface area contributed by atoms with Crippen LogP contribution in [0.25, 0.3) is 10.8 Å². The summed E-state index contributed by atoms with van der Waals surface area (Å²) in [6.45, 7) is 2.66. The number of hydrogen-bond acceptors (Lipinski definition) is 2. The second-order valence-electron chi connectivity index (χ2n) is 6.13. The predicted octanol–water partition coefficient (Wildman–Crippen LogP) is 4.30. The summed E-state index contributed by atoms with van der Waals surface area (Å²) in [4.78, 5) is 14.5. The third-order valence-electron chi connectivity index (χ3n) is 4.33. The highest BCUT2D eigenvalue weighted by Gasteiger charge is 2.18. The van der Waals surface area contributed by atoms with Gasteiger partial charge in [0.15, 0.2) is 0 Å². The minimum absolute atomic E-state index is 0.00416. The van der Waals surface area contributed by atoms with Crippen molar-refractivity contribution in [3.05, 3.63) is 78.4 Å². The van der Waals surface area contributed by atoms with Crippen LogP contribution in [-0.4, -0.2) is 23.9 Å². The molecule has 122 valence electrons. The summed E-state index contributed by atoms with van der Waals surface area (Å²) in [6.07, 6.45) is 0. The van der Waals surface area contributed by atoms with Crippen molar-refractivity contribution in [2.24, 2.45) is 0 Å². The molecule has 0 saturated heterocycles. The lowest BCUT2D eigenvalue weighted by Gasteiger charge is -2.24. The van der Waals surface area contributed by atoms with Crippen LogP contribution in [0, 0.1) is 0 Å². The second-order valence-corrected chi connectivity index (χ2v) is 6.13. The number of fused-ring (bicyclic) bond motifs is 1. The zero-order valence-corrected chi connectivity index (χ0v) is 14.1. The molecule has 0 aromatic heterocycles. The summed E-state index contributed by atoms with van der Waals surface area (Å²) in [5.74, 6) is 0.00416. The summed E-state index contributed by atoms with van der Waals surface area (Å²) in [5, 5.41) is 5.42. The Bertz CT molecular complexity index is 829. The van der Waals surface area contributed by atoms with Gasteiger partial charge in [-0.3, -0.25) is 9.69 Å². The van der Waals surface area contributed by atoms with Crippen LogP contribution in [-0.2, 0) is 11.3 Å². The van der Waals surface area contributed by atoms with E-state index in [1.54, 1.807) is 0 Å². The van der Waals surface area contributed by atoms with Crippen LogP contribution in [0.4, 0.5) is 5.69 Å². The number of carbonyl (C=O) groups is 1. The fraction of sp³-hybridized carbons (Fsp3) is 0.190. The number of benzene rings is 3. The van der Waals surface area contributed by atoms with Crippen LogP contribution in [0.5, 0.6) is 0 Å². The molecule has 3 aromatic carbocycles. The molecule has 0 aliphatic rings. The van der Waals surface area contributed by atoms with Gasteiger partial charge in [0.1, 0.15) is 0 Å². The molecule has 0 heterocycles. The van der Waals surface area contributed by atoms with Gasteiger partial charge in [0.05, 0.1) is 6.04 Å². The van der Waals surface area contributed by atoms with Crippen molar-refractivity contribution in [1.82, 2.24) is 4.90 Å². The standard InChI is InChI=1S/C21H22N2O/c1-16(21(24)22-20-10-4-3-5-11-20)23(2)15-17-12-13-18-8-6-7-9-19(18)14-17/h3-14,16H,15H2,1-2H3,(H,22,24)/t16-/m0/s1. The number of nitrogens with one attached hydrogen (secondary N) is 1. The molecule has 0 aliphatic heterocycles. The van der Waals surface area contributed by atoms with Gasteiger partial charge in [-0.25, -0.2) is 0 Å². The molecule has 3 aromatic rings. The van der Waals surface area contributed by atoms with Gasteiger partial charge in [0.25, 0.3) is 0 Å². The molecule has 3 rings (SSSR count). The molecule has 3 heteroatoms. The molecule has 3 nitrogen and oxygen atoms in total. The fourth-order valence-corrected chi connectivity index (χ4v) is 2.73. The minimum Gasteiger partial charge on any atom is -0.325 e. The maximum atomic E-state index is 12.4. The van der Waals surface area contributed by atoms with Gasteiger partial charge in [-0.15, -0.1) is 0 Å². The Morgan fingerprint density at radius 3 is 2.38 bits per heavy atom. The van der Waals surface area contributed by atoms with Crippen molar-refractivity contribution in [3.8, 4) is 0 Å². The molecular formula is C21H22N2O. The van der Waals surface area contributed by atoms with Crippen LogP contribution < -0.4 is 5.32 Å². The zero-order chi connectivity index (χ0) is 16.9. The normalized spacial score (nSPS) is 12.3. The number of amides is 1. The Hall–Kier alpha value is -2.65. The molecule has 0 unspecified atom stereocenters. The molecule has 1 atom stereocenters. The van der Waals surface area contributed by atoms with Crippen molar-refractivity contribution in [2.45, 2.75) is 19.5 Å². The van der Waals surface area contributed by atoms with Crippen LogP contribution in [0.15, 0.2) is 72.8 Å². The van der Waals surface area contributed by atoms with Crippen molar-refractivity contribution < 1.29 is 4.79 Å². The van der Waals surface area contributed by atoms with Crippen molar-refractivity contribution in [3.63, 3.8) is 0 Å². The summed E-state index contributed by atoms with van der Waals surface area (Å²) >= 11 is 0. The van der Waals surface area contributed by atoms with E-state index in [1.165, 1.54) is 16.3 Å². The van der Waals surface area contributed by atoms with E-state index in [2.05, 4.69) is 40.5 Å². The number of anilines is 1. The Kier molecular flexibility index (Phi) is 4.92. The number of likely N-dealkylation sites (N-methyl/N-ethyl adjacent to an activating group) is 1. The number of carbonyl (C=O) groups excluding carboxylic acids is 1. The topological polar surface area (TPSA) is 32.3 Å². The lowest BCUT2D eigenvalue weighted by molar-refractivity contribution is -0.120. The molecule has 1 N–H and O–H groups in total. The molecule has 0 fully saturated rings. The molecule has 24 heavy (non-hydrogen) atoms. The fourth-order valence-electron chi connectivity index (χ4n) is 2.73. The quantitative estimate of drug-likeness (QED) is 0.761. The Balaban J connectivity index is 1.66. The second kappa shape index (κ2) is 7.28. The molecule has 0 aliphatic carbocycles.